The Labute approximate surface area is 146 Å². The van der Waals surface area contributed by atoms with Crippen molar-refractivity contribution in [2.45, 2.75) is 50.6 Å². The summed E-state index contributed by atoms with van der Waals surface area (Å²) in [6.07, 6.45) is -0.502. The van der Waals surface area contributed by atoms with E-state index in [1.165, 1.54) is 0 Å². The number of benzene rings is 1. The zero-order valence-corrected chi connectivity index (χ0v) is 15.0. The number of carbonyl (C=O) groups excluding carboxylic acids is 1. The van der Waals surface area contributed by atoms with E-state index >= 15 is 0 Å². The molecular formula is C16H23F2N3O3S. The van der Waals surface area contributed by atoms with Gasteiger partial charge in [0, 0.05) is 19.0 Å². The van der Waals surface area contributed by atoms with Crippen LogP contribution in [0.1, 0.15) is 31.4 Å². The molecule has 1 aromatic carbocycles. The highest BCUT2D eigenvalue weighted by molar-refractivity contribution is 7.88. The van der Waals surface area contributed by atoms with E-state index in [9.17, 15) is 22.0 Å². The maximum atomic E-state index is 13.1. The zero-order chi connectivity index (χ0) is 18.7. The lowest BCUT2D eigenvalue weighted by atomic mass is 10.1. The van der Waals surface area contributed by atoms with Gasteiger partial charge in [0.2, 0.25) is 15.9 Å². The van der Waals surface area contributed by atoms with Gasteiger partial charge in [-0.15, -0.1) is 0 Å². The van der Waals surface area contributed by atoms with Crippen LogP contribution in [0.3, 0.4) is 0 Å². The van der Waals surface area contributed by atoms with E-state index in [0.717, 1.165) is 5.56 Å². The van der Waals surface area contributed by atoms with Crippen LogP contribution in [0.25, 0.3) is 0 Å². The molecule has 1 heterocycles. The molecule has 9 heteroatoms. The second kappa shape index (κ2) is 7.76. The number of hydrogen-bond donors (Lipinski definition) is 3. The Hall–Kier alpha value is -1.58. The molecule has 25 heavy (non-hydrogen) atoms. The van der Waals surface area contributed by atoms with Crippen LogP contribution in [0, 0.1) is 0 Å². The number of alkyl halides is 2. The maximum absolute atomic E-state index is 13.1. The summed E-state index contributed by atoms with van der Waals surface area (Å²) in [7, 11) is -3.39. The van der Waals surface area contributed by atoms with Crippen molar-refractivity contribution < 1.29 is 22.0 Å². The molecule has 1 fully saturated rings. The van der Waals surface area contributed by atoms with Crippen LogP contribution in [-0.4, -0.2) is 38.9 Å². The highest BCUT2D eigenvalue weighted by atomic mass is 32.2. The van der Waals surface area contributed by atoms with Crippen molar-refractivity contribution in [3.8, 4) is 0 Å². The molecule has 0 spiro atoms. The summed E-state index contributed by atoms with van der Waals surface area (Å²) in [4.78, 5) is 11.9. The summed E-state index contributed by atoms with van der Waals surface area (Å²) in [6.45, 7) is 3.20. The fraction of sp³-hybridized carbons (Fsp3) is 0.562. The van der Waals surface area contributed by atoms with E-state index < -0.39 is 40.9 Å². The Morgan fingerprint density at radius 3 is 2.40 bits per heavy atom. The van der Waals surface area contributed by atoms with Crippen molar-refractivity contribution in [1.82, 2.24) is 15.4 Å². The molecular weight excluding hydrogens is 352 g/mol. The lowest BCUT2D eigenvalue weighted by Crippen LogP contribution is -2.40. The van der Waals surface area contributed by atoms with Crippen LogP contribution >= 0.6 is 0 Å². The fourth-order valence-corrected chi connectivity index (χ4v) is 4.02. The summed E-state index contributed by atoms with van der Waals surface area (Å²) < 4.78 is 52.4. The molecule has 1 saturated heterocycles. The molecule has 1 aliphatic heterocycles. The third kappa shape index (κ3) is 6.33. The standard InChI is InChI=1S/C16H23F2N3O3S/c1-11(2)21-25(23,24)9-13-5-3-12(4-6-13)8-19-15(22)14-7-16(17,18)10-20-14/h3-6,11,14,20-21H,7-10H2,1-2H3,(H,19,22). The lowest BCUT2D eigenvalue weighted by Gasteiger charge is -2.12. The van der Waals surface area contributed by atoms with E-state index in [1.807, 2.05) is 0 Å². The van der Waals surface area contributed by atoms with Gasteiger partial charge in [0.1, 0.15) is 0 Å². The smallest absolute Gasteiger partial charge is 0.262 e. The Kier molecular flexibility index (Phi) is 6.12. The second-order valence-electron chi connectivity index (χ2n) is 6.56. The minimum absolute atomic E-state index is 0.126. The van der Waals surface area contributed by atoms with Crippen molar-refractivity contribution in [1.29, 1.82) is 0 Å². The Morgan fingerprint density at radius 1 is 1.28 bits per heavy atom. The van der Waals surface area contributed by atoms with E-state index in [4.69, 9.17) is 0 Å². The first-order valence-electron chi connectivity index (χ1n) is 8.03. The van der Waals surface area contributed by atoms with Crippen molar-refractivity contribution in [3.63, 3.8) is 0 Å². The molecule has 1 unspecified atom stereocenters. The highest BCUT2D eigenvalue weighted by Crippen LogP contribution is 2.25. The average Bonchev–Trinajstić information content (AvgIpc) is 2.84. The van der Waals surface area contributed by atoms with Gasteiger partial charge < -0.3 is 5.32 Å². The Morgan fingerprint density at radius 2 is 1.88 bits per heavy atom. The van der Waals surface area contributed by atoms with Gasteiger partial charge in [-0.05, 0) is 25.0 Å². The van der Waals surface area contributed by atoms with Gasteiger partial charge in [-0.25, -0.2) is 21.9 Å². The summed E-state index contributed by atoms with van der Waals surface area (Å²) in [5.41, 5.74) is 1.39. The molecule has 0 radical (unpaired) electrons. The molecule has 0 aliphatic carbocycles. The van der Waals surface area contributed by atoms with E-state index in [2.05, 4.69) is 15.4 Å². The van der Waals surface area contributed by atoms with Gasteiger partial charge in [-0.1, -0.05) is 24.3 Å². The maximum Gasteiger partial charge on any atom is 0.262 e. The normalized spacial score (nSPS) is 20.0. The van der Waals surface area contributed by atoms with Crippen LogP contribution in [0.15, 0.2) is 24.3 Å². The van der Waals surface area contributed by atoms with Gasteiger partial charge in [0.25, 0.3) is 5.92 Å². The summed E-state index contributed by atoms with van der Waals surface area (Å²) in [6, 6.07) is 5.69. The predicted octanol–water partition coefficient (Wildman–Crippen LogP) is 1.13. The number of sulfonamides is 1. The molecule has 1 amide bonds. The van der Waals surface area contributed by atoms with Gasteiger partial charge >= 0.3 is 0 Å². The molecule has 2 rings (SSSR count). The fourth-order valence-electron chi connectivity index (χ4n) is 2.59. The van der Waals surface area contributed by atoms with Crippen LogP contribution in [0.4, 0.5) is 8.78 Å². The Bertz CT molecular complexity index is 706. The van der Waals surface area contributed by atoms with Crippen molar-refractivity contribution in [3.05, 3.63) is 35.4 Å². The molecule has 1 atom stereocenters. The molecule has 3 N–H and O–H groups in total. The van der Waals surface area contributed by atoms with Crippen LogP contribution in [-0.2, 0) is 27.1 Å². The first-order chi connectivity index (χ1) is 11.6. The van der Waals surface area contributed by atoms with Crippen LogP contribution < -0.4 is 15.4 Å². The molecule has 0 aromatic heterocycles. The van der Waals surface area contributed by atoms with Crippen molar-refractivity contribution >= 4 is 15.9 Å². The molecule has 1 aliphatic rings. The molecule has 0 bridgehead atoms. The van der Waals surface area contributed by atoms with E-state index in [0.29, 0.717) is 5.56 Å². The molecule has 140 valence electrons. The van der Waals surface area contributed by atoms with Crippen LogP contribution in [0.5, 0.6) is 0 Å². The third-order valence-electron chi connectivity index (χ3n) is 3.69. The van der Waals surface area contributed by atoms with Crippen molar-refractivity contribution in [2.24, 2.45) is 0 Å². The summed E-state index contributed by atoms with van der Waals surface area (Å²) >= 11 is 0. The van der Waals surface area contributed by atoms with Crippen molar-refractivity contribution in [2.75, 3.05) is 6.54 Å². The summed E-state index contributed by atoms with van der Waals surface area (Å²) in [5, 5.41) is 5.10. The summed E-state index contributed by atoms with van der Waals surface area (Å²) in [5.74, 6) is -3.44. The molecule has 1 aromatic rings. The van der Waals surface area contributed by atoms with Gasteiger partial charge in [0.15, 0.2) is 0 Å². The predicted molar refractivity (Wildman–Crippen MR) is 90.5 cm³/mol. The lowest BCUT2D eigenvalue weighted by molar-refractivity contribution is -0.123. The molecule has 6 nitrogen and oxygen atoms in total. The van der Waals surface area contributed by atoms with Gasteiger partial charge in [-0.2, -0.15) is 0 Å². The quantitative estimate of drug-likeness (QED) is 0.667. The first-order valence-corrected chi connectivity index (χ1v) is 9.68. The Balaban J connectivity index is 1.85. The minimum atomic E-state index is -3.39. The topological polar surface area (TPSA) is 87.3 Å². The SMILES string of the molecule is CC(C)NS(=O)(=O)Cc1ccc(CNC(=O)C2CC(F)(F)CN2)cc1. The van der Waals surface area contributed by atoms with E-state index in [-0.39, 0.29) is 18.3 Å². The number of halogens is 2. The van der Waals surface area contributed by atoms with Gasteiger partial charge in [0.05, 0.1) is 18.3 Å². The largest absolute Gasteiger partial charge is 0.351 e. The van der Waals surface area contributed by atoms with E-state index in [1.54, 1.807) is 38.1 Å². The number of rotatable bonds is 7. The third-order valence-corrected chi connectivity index (χ3v) is 5.23. The zero-order valence-electron chi connectivity index (χ0n) is 14.2. The number of hydrogen-bond acceptors (Lipinski definition) is 4. The average molecular weight is 375 g/mol. The monoisotopic (exact) mass is 375 g/mol. The minimum Gasteiger partial charge on any atom is -0.351 e. The first kappa shape index (κ1) is 19.7. The van der Waals surface area contributed by atoms with Gasteiger partial charge in [-0.3, -0.25) is 10.1 Å². The number of nitrogens with one attached hydrogen (secondary N) is 3. The number of amides is 1. The molecule has 0 saturated carbocycles. The number of carbonyl (C=O) groups is 1. The van der Waals surface area contributed by atoms with Crippen LogP contribution in [0.2, 0.25) is 0 Å². The second-order valence-corrected chi connectivity index (χ2v) is 8.31. The highest BCUT2D eigenvalue weighted by Gasteiger charge is 2.42.